The van der Waals surface area contributed by atoms with Crippen LogP contribution in [0.4, 0.5) is 5.69 Å². The Hall–Kier alpha value is -1.22. The molecule has 1 saturated heterocycles. The van der Waals surface area contributed by atoms with Gasteiger partial charge in [0.15, 0.2) is 0 Å². The lowest BCUT2D eigenvalue weighted by molar-refractivity contribution is 0.475. The van der Waals surface area contributed by atoms with Gasteiger partial charge < -0.3 is 15.7 Å². The van der Waals surface area contributed by atoms with Gasteiger partial charge in [-0.3, -0.25) is 0 Å². The van der Waals surface area contributed by atoms with Gasteiger partial charge in [-0.15, -0.1) is 0 Å². The zero-order valence-corrected chi connectivity index (χ0v) is 7.93. The maximum atomic E-state index is 9.35. The minimum atomic E-state index is 0.340. The van der Waals surface area contributed by atoms with Crippen LogP contribution in [0, 0.1) is 11.8 Å². The zero-order valence-electron chi connectivity index (χ0n) is 7.93. The van der Waals surface area contributed by atoms with Crippen LogP contribution in [-0.4, -0.2) is 24.2 Å². The second-order valence-electron chi connectivity index (χ2n) is 4.33. The average Bonchev–Trinajstić information content (AvgIpc) is 2.66. The minimum Gasteiger partial charge on any atom is -0.508 e. The molecule has 14 heavy (non-hydrogen) atoms. The fourth-order valence-corrected chi connectivity index (χ4v) is 2.47. The highest BCUT2D eigenvalue weighted by atomic mass is 16.3. The van der Waals surface area contributed by atoms with Crippen molar-refractivity contribution in [1.29, 1.82) is 0 Å². The summed E-state index contributed by atoms with van der Waals surface area (Å²) in [6.45, 7) is 2.10. The zero-order chi connectivity index (χ0) is 9.71. The van der Waals surface area contributed by atoms with E-state index >= 15 is 0 Å². The highest BCUT2D eigenvalue weighted by molar-refractivity contribution is 5.52. The molecule has 0 amide bonds. The van der Waals surface area contributed by atoms with Crippen LogP contribution < -0.4 is 10.6 Å². The molecule has 74 valence electrons. The lowest BCUT2D eigenvalue weighted by Crippen LogP contribution is -2.27. The Morgan fingerprint density at radius 3 is 2.64 bits per heavy atom. The van der Waals surface area contributed by atoms with E-state index in [0.717, 1.165) is 18.8 Å². The standard InChI is InChI=1S/C11H14N2O/c12-11-9-5-13(6-10(9)11)7-2-1-3-8(14)4-7/h1-4,9-11,14H,5-6,12H2. The molecule has 1 heterocycles. The summed E-state index contributed by atoms with van der Waals surface area (Å²) in [4.78, 5) is 2.30. The topological polar surface area (TPSA) is 49.5 Å². The monoisotopic (exact) mass is 190 g/mol. The molecule has 0 radical (unpaired) electrons. The van der Waals surface area contributed by atoms with Crippen molar-refractivity contribution in [2.75, 3.05) is 18.0 Å². The van der Waals surface area contributed by atoms with Crippen molar-refractivity contribution in [1.82, 2.24) is 0 Å². The van der Waals surface area contributed by atoms with Crippen molar-refractivity contribution in [3.05, 3.63) is 24.3 Å². The molecule has 0 aromatic heterocycles. The van der Waals surface area contributed by atoms with E-state index in [1.165, 1.54) is 0 Å². The van der Waals surface area contributed by atoms with Gasteiger partial charge in [0.1, 0.15) is 5.75 Å². The molecule has 0 bridgehead atoms. The largest absolute Gasteiger partial charge is 0.508 e. The number of rotatable bonds is 1. The van der Waals surface area contributed by atoms with E-state index in [9.17, 15) is 5.11 Å². The fourth-order valence-electron chi connectivity index (χ4n) is 2.47. The van der Waals surface area contributed by atoms with Crippen molar-refractivity contribution in [3.63, 3.8) is 0 Å². The van der Waals surface area contributed by atoms with E-state index in [4.69, 9.17) is 5.73 Å². The molecule has 1 aliphatic carbocycles. The maximum absolute atomic E-state index is 9.35. The van der Waals surface area contributed by atoms with Crippen LogP contribution in [0.5, 0.6) is 5.75 Å². The second-order valence-corrected chi connectivity index (χ2v) is 4.33. The molecule has 2 unspecified atom stereocenters. The van der Waals surface area contributed by atoms with Gasteiger partial charge in [-0.25, -0.2) is 0 Å². The first-order chi connectivity index (χ1) is 6.75. The third kappa shape index (κ3) is 1.09. The van der Waals surface area contributed by atoms with Crippen LogP contribution in [0.3, 0.4) is 0 Å². The lowest BCUT2D eigenvalue weighted by atomic mass is 10.2. The first-order valence-electron chi connectivity index (χ1n) is 5.05. The van der Waals surface area contributed by atoms with Crippen LogP contribution in [0.25, 0.3) is 0 Å². The quantitative estimate of drug-likeness (QED) is 0.688. The Morgan fingerprint density at radius 1 is 1.29 bits per heavy atom. The Morgan fingerprint density at radius 2 is 2.00 bits per heavy atom. The first-order valence-corrected chi connectivity index (χ1v) is 5.05. The summed E-state index contributed by atoms with van der Waals surface area (Å²) in [5.41, 5.74) is 6.98. The Balaban J connectivity index is 1.79. The molecular formula is C11H14N2O. The smallest absolute Gasteiger partial charge is 0.117 e. The Kier molecular flexibility index (Phi) is 1.53. The highest BCUT2D eigenvalue weighted by Gasteiger charge is 2.53. The third-order valence-electron chi connectivity index (χ3n) is 3.46. The molecule has 1 aromatic rings. The normalized spacial score (nSPS) is 34.4. The number of nitrogens with zero attached hydrogens (tertiary/aromatic N) is 1. The summed E-state index contributed by atoms with van der Waals surface area (Å²) in [6, 6.07) is 7.87. The van der Waals surface area contributed by atoms with E-state index < -0.39 is 0 Å². The van der Waals surface area contributed by atoms with E-state index in [2.05, 4.69) is 4.90 Å². The van der Waals surface area contributed by atoms with Crippen molar-refractivity contribution in [2.24, 2.45) is 17.6 Å². The maximum Gasteiger partial charge on any atom is 0.117 e. The van der Waals surface area contributed by atoms with Crippen molar-refractivity contribution >= 4 is 5.69 Å². The third-order valence-corrected chi connectivity index (χ3v) is 3.46. The van der Waals surface area contributed by atoms with E-state index in [0.29, 0.717) is 23.6 Å². The van der Waals surface area contributed by atoms with Gasteiger partial charge in [-0.2, -0.15) is 0 Å². The van der Waals surface area contributed by atoms with Gasteiger partial charge in [0.05, 0.1) is 0 Å². The van der Waals surface area contributed by atoms with Crippen molar-refractivity contribution in [2.45, 2.75) is 6.04 Å². The van der Waals surface area contributed by atoms with Gasteiger partial charge in [-0.1, -0.05) is 6.07 Å². The summed E-state index contributed by atoms with van der Waals surface area (Å²) in [5, 5.41) is 9.35. The molecule has 2 atom stereocenters. The molecule has 2 fully saturated rings. The SMILES string of the molecule is NC1C2CN(c3cccc(O)c3)CC12. The summed E-state index contributed by atoms with van der Waals surface area (Å²) in [6.07, 6.45) is 0. The molecule has 3 rings (SSSR count). The minimum absolute atomic E-state index is 0.340. The van der Waals surface area contributed by atoms with Gasteiger partial charge in [-0.05, 0) is 24.0 Å². The summed E-state index contributed by atoms with van der Waals surface area (Å²) in [5.74, 6) is 1.72. The van der Waals surface area contributed by atoms with Gasteiger partial charge >= 0.3 is 0 Å². The lowest BCUT2D eigenvalue weighted by Gasteiger charge is -2.21. The molecule has 1 aromatic carbocycles. The number of phenols is 1. The molecule has 0 spiro atoms. The van der Waals surface area contributed by atoms with E-state index in [1.54, 1.807) is 6.07 Å². The van der Waals surface area contributed by atoms with Crippen molar-refractivity contribution in [3.8, 4) is 5.75 Å². The number of nitrogens with two attached hydrogens (primary N) is 1. The molecule has 1 saturated carbocycles. The summed E-state index contributed by atoms with van der Waals surface area (Å²) >= 11 is 0. The van der Waals surface area contributed by atoms with Crippen LogP contribution in [0.2, 0.25) is 0 Å². The summed E-state index contributed by atoms with van der Waals surface area (Å²) < 4.78 is 0. The van der Waals surface area contributed by atoms with E-state index in [1.807, 2.05) is 18.2 Å². The first kappa shape index (κ1) is 8.12. The molecule has 2 aliphatic rings. The fraction of sp³-hybridized carbons (Fsp3) is 0.455. The van der Waals surface area contributed by atoms with Crippen molar-refractivity contribution < 1.29 is 5.11 Å². The Bertz CT molecular complexity index is 354. The molecule has 3 nitrogen and oxygen atoms in total. The van der Waals surface area contributed by atoms with Crippen LogP contribution >= 0.6 is 0 Å². The highest BCUT2D eigenvalue weighted by Crippen LogP contribution is 2.45. The van der Waals surface area contributed by atoms with Crippen LogP contribution in [-0.2, 0) is 0 Å². The average molecular weight is 190 g/mol. The van der Waals surface area contributed by atoms with Gasteiger partial charge in [0.25, 0.3) is 0 Å². The van der Waals surface area contributed by atoms with Gasteiger partial charge in [0, 0.05) is 30.9 Å². The number of aromatic hydroxyl groups is 1. The van der Waals surface area contributed by atoms with Gasteiger partial charge in [0.2, 0.25) is 0 Å². The summed E-state index contributed by atoms with van der Waals surface area (Å²) in [7, 11) is 0. The predicted octanol–water partition coefficient (Wildman–Crippen LogP) is 0.785. The van der Waals surface area contributed by atoms with Crippen LogP contribution in [0.1, 0.15) is 0 Å². The second kappa shape index (κ2) is 2.64. The number of benzene rings is 1. The number of phenolic OH excluding ortho intramolecular Hbond substituents is 1. The molecule has 1 aliphatic heterocycles. The van der Waals surface area contributed by atoms with Crippen LogP contribution in [0.15, 0.2) is 24.3 Å². The van der Waals surface area contributed by atoms with E-state index in [-0.39, 0.29) is 0 Å². The number of fused-ring (bicyclic) bond motifs is 1. The Labute approximate surface area is 83.1 Å². The molecular weight excluding hydrogens is 176 g/mol. The molecule has 3 heteroatoms. The number of piperidine rings is 1. The predicted molar refractivity (Wildman–Crippen MR) is 55.3 cm³/mol. The number of hydrogen-bond acceptors (Lipinski definition) is 3. The molecule has 3 N–H and O–H groups in total. The number of hydrogen-bond donors (Lipinski definition) is 2. The number of anilines is 1.